The molecule has 4 unspecified atom stereocenters. The summed E-state index contributed by atoms with van der Waals surface area (Å²) in [5, 5.41) is 7.38. The molecule has 1 saturated carbocycles. The van der Waals surface area contributed by atoms with Crippen molar-refractivity contribution in [3.63, 3.8) is 0 Å². The minimum atomic E-state index is -0.0628. The van der Waals surface area contributed by atoms with Crippen LogP contribution in [-0.2, 0) is 4.79 Å². The van der Waals surface area contributed by atoms with Gasteiger partial charge in [-0.05, 0) is 49.1 Å². The molecule has 5 heteroatoms. The first-order valence-electron chi connectivity index (χ1n) is 9.69. The van der Waals surface area contributed by atoms with E-state index < -0.39 is 0 Å². The molecule has 0 radical (unpaired) electrons. The van der Waals surface area contributed by atoms with E-state index in [-0.39, 0.29) is 23.9 Å². The normalized spacial score (nSPS) is 28.7. The van der Waals surface area contributed by atoms with Crippen molar-refractivity contribution in [2.24, 2.45) is 17.8 Å². The van der Waals surface area contributed by atoms with Crippen LogP contribution >= 0.6 is 0 Å². The van der Waals surface area contributed by atoms with Gasteiger partial charge in [-0.25, -0.2) is 0 Å². The maximum absolute atomic E-state index is 12.6. The molecule has 3 N–H and O–H groups in total. The first kappa shape index (κ1) is 17.1. The highest BCUT2D eigenvalue weighted by Crippen LogP contribution is 2.39. The van der Waals surface area contributed by atoms with Crippen LogP contribution in [0.25, 0.3) is 10.9 Å². The second kappa shape index (κ2) is 6.78. The van der Waals surface area contributed by atoms with Gasteiger partial charge in [-0.1, -0.05) is 32.0 Å². The lowest BCUT2D eigenvalue weighted by atomic mass is 9.67. The van der Waals surface area contributed by atoms with E-state index in [1.54, 1.807) is 0 Å². The number of hydrogen-bond donors (Lipinski definition) is 3. The van der Waals surface area contributed by atoms with Crippen molar-refractivity contribution in [1.82, 2.24) is 15.6 Å². The standard InChI is InChI=1S/C21H27N3O2/c1-12(2)16-11-20(25)24-18-10-14(7-8-15(16)18)22-21(26)19-9-13-5-3-4-6-17(13)23-19/h3-6,9,12,14-16,18,23H,7-8,10-11H2,1-2H3,(H,22,26)(H,24,25). The Labute approximate surface area is 153 Å². The van der Waals surface area contributed by atoms with Crippen LogP contribution in [0, 0.1) is 17.8 Å². The molecule has 2 aliphatic rings. The fourth-order valence-electron chi connectivity index (χ4n) is 4.82. The van der Waals surface area contributed by atoms with Crippen molar-refractivity contribution < 1.29 is 9.59 Å². The highest BCUT2D eigenvalue weighted by Gasteiger charge is 2.41. The first-order valence-corrected chi connectivity index (χ1v) is 9.69. The molecule has 0 spiro atoms. The largest absolute Gasteiger partial charge is 0.353 e. The summed E-state index contributed by atoms with van der Waals surface area (Å²) in [6, 6.07) is 10.1. The van der Waals surface area contributed by atoms with E-state index in [0.29, 0.717) is 29.9 Å². The molecule has 1 aromatic carbocycles. The maximum atomic E-state index is 12.6. The average molecular weight is 353 g/mol. The molecule has 2 amide bonds. The molecule has 0 bridgehead atoms. The highest BCUT2D eigenvalue weighted by molar-refractivity contribution is 5.98. The van der Waals surface area contributed by atoms with E-state index in [0.717, 1.165) is 30.2 Å². The van der Waals surface area contributed by atoms with Crippen LogP contribution in [-0.4, -0.2) is 28.9 Å². The van der Waals surface area contributed by atoms with Crippen molar-refractivity contribution in [2.45, 2.75) is 51.6 Å². The van der Waals surface area contributed by atoms with E-state index in [4.69, 9.17) is 0 Å². The van der Waals surface area contributed by atoms with Crippen molar-refractivity contribution in [3.8, 4) is 0 Å². The van der Waals surface area contributed by atoms with Crippen LogP contribution < -0.4 is 10.6 Å². The number of benzene rings is 1. The number of fused-ring (bicyclic) bond motifs is 2. The number of hydrogen-bond acceptors (Lipinski definition) is 2. The summed E-state index contributed by atoms with van der Waals surface area (Å²) in [6.45, 7) is 4.42. The Morgan fingerprint density at radius 1 is 1.23 bits per heavy atom. The van der Waals surface area contributed by atoms with Crippen molar-refractivity contribution in [3.05, 3.63) is 36.0 Å². The van der Waals surface area contributed by atoms with Crippen molar-refractivity contribution in [2.75, 3.05) is 0 Å². The van der Waals surface area contributed by atoms with Gasteiger partial charge in [0.25, 0.3) is 5.91 Å². The Kier molecular flexibility index (Phi) is 4.47. The topological polar surface area (TPSA) is 74.0 Å². The molecule has 4 atom stereocenters. The van der Waals surface area contributed by atoms with Gasteiger partial charge in [0.1, 0.15) is 5.69 Å². The molecule has 1 saturated heterocycles. The number of amides is 2. The predicted molar refractivity (Wildman–Crippen MR) is 102 cm³/mol. The number of aromatic amines is 1. The Hall–Kier alpha value is -2.30. The number of aromatic nitrogens is 1. The predicted octanol–water partition coefficient (Wildman–Crippen LogP) is 3.23. The van der Waals surface area contributed by atoms with Crippen LogP contribution in [0.2, 0.25) is 0 Å². The van der Waals surface area contributed by atoms with Gasteiger partial charge in [0.2, 0.25) is 5.91 Å². The highest BCUT2D eigenvalue weighted by atomic mass is 16.2. The summed E-state index contributed by atoms with van der Waals surface area (Å²) >= 11 is 0. The molecule has 138 valence electrons. The third-order valence-electron chi connectivity index (χ3n) is 6.19. The van der Waals surface area contributed by atoms with Crippen LogP contribution in [0.1, 0.15) is 50.0 Å². The molecule has 4 rings (SSSR count). The van der Waals surface area contributed by atoms with Crippen molar-refractivity contribution >= 4 is 22.7 Å². The summed E-state index contributed by atoms with van der Waals surface area (Å²) < 4.78 is 0. The third kappa shape index (κ3) is 3.22. The van der Waals surface area contributed by atoms with Crippen LogP contribution in [0.5, 0.6) is 0 Å². The van der Waals surface area contributed by atoms with Gasteiger partial charge in [-0.2, -0.15) is 0 Å². The smallest absolute Gasteiger partial charge is 0.267 e. The number of para-hydroxylation sites is 1. The summed E-state index contributed by atoms with van der Waals surface area (Å²) in [7, 11) is 0. The SMILES string of the molecule is CC(C)C1CC(=O)NC2CC(NC(=O)c3cc4ccccc4[nH]3)CCC21. The lowest BCUT2D eigenvalue weighted by Gasteiger charge is -2.45. The molecular weight excluding hydrogens is 326 g/mol. The number of H-pyrrole nitrogens is 1. The van der Waals surface area contributed by atoms with E-state index in [1.807, 2.05) is 30.3 Å². The molecular formula is C21H27N3O2. The zero-order valence-corrected chi connectivity index (χ0v) is 15.4. The number of carbonyl (C=O) groups is 2. The van der Waals surface area contributed by atoms with Gasteiger partial charge in [0.15, 0.2) is 0 Å². The lowest BCUT2D eigenvalue weighted by Crippen LogP contribution is -2.56. The Morgan fingerprint density at radius 2 is 2.04 bits per heavy atom. The summed E-state index contributed by atoms with van der Waals surface area (Å²) in [5.74, 6) is 1.61. The van der Waals surface area contributed by atoms with E-state index in [9.17, 15) is 9.59 Å². The zero-order chi connectivity index (χ0) is 18.3. The fraction of sp³-hybridized carbons (Fsp3) is 0.524. The van der Waals surface area contributed by atoms with Crippen LogP contribution in [0.3, 0.4) is 0 Å². The van der Waals surface area contributed by atoms with Crippen molar-refractivity contribution in [1.29, 1.82) is 0 Å². The van der Waals surface area contributed by atoms with Gasteiger partial charge in [0.05, 0.1) is 0 Å². The van der Waals surface area contributed by atoms with Crippen LogP contribution in [0.15, 0.2) is 30.3 Å². The molecule has 2 aromatic rings. The summed E-state index contributed by atoms with van der Waals surface area (Å²) in [5.41, 5.74) is 1.57. The monoisotopic (exact) mass is 353 g/mol. The summed E-state index contributed by atoms with van der Waals surface area (Å²) in [6.07, 6.45) is 3.51. The second-order valence-corrected chi connectivity index (χ2v) is 8.20. The third-order valence-corrected chi connectivity index (χ3v) is 6.19. The van der Waals surface area contributed by atoms with E-state index in [2.05, 4.69) is 29.5 Å². The zero-order valence-electron chi connectivity index (χ0n) is 15.4. The Morgan fingerprint density at radius 3 is 2.81 bits per heavy atom. The van der Waals surface area contributed by atoms with E-state index >= 15 is 0 Å². The van der Waals surface area contributed by atoms with Gasteiger partial charge in [-0.15, -0.1) is 0 Å². The molecule has 26 heavy (non-hydrogen) atoms. The number of piperidine rings is 1. The minimum Gasteiger partial charge on any atom is -0.353 e. The molecule has 5 nitrogen and oxygen atoms in total. The number of carbonyl (C=O) groups excluding carboxylic acids is 2. The molecule has 2 fully saturated rings. The van der Waals surface area contributed by atoms with E-state index in [1.165, 1.54) is 0 Å². The fourth-order valence-corrected chi connectivity index (χ4v) is 4.82. The molecule has 1 aliphatic heterocycles. The number of rotatable bonds is 3. The van der Waals surface area contributed by atoms with Gasteiger partial charge in [-0.3, -0.25) is 9.59 Å². The summed E-state index contributed by atoms with van der Waals surface area (Å²) in [4.78, 5) is 27.9. The van der Waals surface area contributed by atoms with Gasteiger partial charge >= 0.3 is 0 Å². The molecule has 2 heterocycles. The maximum Gasteiger partial charge on any atom is 0.267 e. The average Bonchev–Trinajstić information content (AvgIpc) is 3.05. The molecule has 1 aliphatic carbocycles. The van der Waals surface area contributed by atoms with Crippen LogP contribution in [0.4, 0.5) is 0 Å². The minimum absolute atomic E-state index is 0.0628. The lowest BCUT2D eigenvalue weighted by molar-refractivity contribution is -0.128. The quantitative estimate of drug-likeness (QED) is 0.792. The number of nitrogens with one attached hydrogen (secondary N) is 3. The first-order chi connectivity index (χ1) is 12.5. The Balaban J connectivity index is 1.43. The van der Waals surface area contributed by atoms with Gasteiger partial charge in [0, 0.05) is 29.4 Å². The molecule has 1 aromatic heterocycles. The van der Waals surface area contributed by atoms with Gasteiger partial charge < -0.3 is 15.6 Å². The Bertz CT molecular complexity index is 793. The second-order valence-electron chi connectivity index (χ2n) is 8.20.